The Balaban J connectivity index is 2.28. The first-order valence-electron chi connectivity index (χ1n) is 8.01. The highest BCUT2D eigenvalue weighted by Gasteiger charge is 2.29. The van der Waals surface area contributed by atoms with Crippen LogP contribution in [0.4, 0.5) is 0 Å². The summed E-state index contributed by atoms with van der Waals surface area (Å²) in [6.07, 6.45) is 0. The highest BCUT2D eigenvalue weighted by atomic mass is 35.5. The lowest BCUT2D eigenvalue weighted by Crippen LogP contribution is -2.45. The lowest BCUT2D eigenvalue weighted by Gasteiger charge is -2.35. The zero-order valence-corrected chi connectivity index (χ0v) is 17.3. The van der Waals surface area contributed by atoms with Crippen molar-refractivity contribution in [3.63, 3.8) is 0 Å². The molecule has 0 aliphatic heterocycles. The highest BCUT2D eigenvalue weighted by molar-refractivity contribution is 7.09. The standard InChI is InChI=1S/C18H20Cl2N2O3S/c1-5-25-17(24)14-10-26-15(21-14)9-22(18(2,3)4)16(23)11-6-12(19)8-13(20)7-11/h6-8,10H,5,9H2,1-4H3. The van der Waals surface area contributed by atoms with Crippen LogP contribution in [0.3, 0.4) is 0 Å². The van der Waals surface area contributed by atoms with Gasteiger partial charge in [-0.1, -0.05) is 23.2 Å². The van der Waals surface area contributed by atoms with Gasteiger partial charge in [0.2, 0.25) is 0 Å². The first kappa shape index (κ1) is 20.7. The van der Waals surface area contributed by atoms with Gasteiger partial charge in [-0.15, -0.1) is 11.3 Å². The SMILES string of the molecule is CCOC(=O)c1csc(CN(C(=O)c2cc(Cl)cc(Cl)c2)C(C)(C)C)n1. The van der Waals surface area contributed by atoms with E-state index >= 15 is 0 Å². The molecule has 8 heteroatoms. The first-order valence-corrected chi connectivity index (χ1v) is 9.65. The number of thiazole rings is 1. The topological polar surface area (TPSA) is 59.5 Å². The number of esters is 1. The van der Waals surface area contributed by atoms with E-state index in [1.807, 2.05) is 20.8 Å². The quantitative estimate of drug-likeness (QED) is 0.640. The molecule has 0 saturated heterocycles. The molecule has 0 bridgehead atoms. The monoisotopic (exact) mass is 414 g/mol. The zero-order valence-electron chi connectivity index (χ0n) is 15.0. The van der Waals surface area contributed by atoms with Gasteiger partial charge in [0.25, 0.3) is 5.91 Å². The van der Waals surface area contributed by atoms with E-state index < -0.39 is 11.5 Å². The molecule has 1 amide bonds. The molecule has 0 saturated carbocycles. The van der Waals surface area contributed by atoms with Crippen LogP contribution in [0.25, 0.3) is 0 Å². The van der Waals surface area contributed by atoms with Gasteiger partial charge in [0.15, 0.2) is 5.69 Å². The minimum atomic E-state index is -0.471. The van der Waals surface area contributed by atoms with Gasteiger partial charge in [-0.05, 0) is 45.9 Å². The number of ether oxygens (including phenoxy) is 1. The molecule has 26 heavy (non-hydrogen) atoms. The molecule has 0 aliphatic rings. The molecule has 0 fully saturated rings. The minimum absolute atomic E-state index is 0.213. The molecule has 1 aromatic heterocycles. The molecule has 1 aromatic carbocycles. The number of hydrogen-bond acceptors (Lipinski definition) is 5. The van der Waals surface area contributed by atoms with Crippen LogP contribution < -0.4 is 0 Å². The van der Waals surface area contributed by atoms with E-state index in [2.05, 4.69) is 4.98 Å². The number of amides is 1. The molecule has 2 rings (SSSR count). The summed E-state index contributed by atoms with van der Waals surface area (Å²) < 4.78 is 4.95. The van der Waals surface area contributed by atoms with Crippen molar-refractivity contribution >= 4 is 46.4 Å². The van der Waals surface area contributed by atoms with Crippen LogP contribution in [0.15, 0.2) is 23.6 Å². The van der Waals surface area contributed by atoms with E-state index in [0.29, 0.717) is 20.6 Å². The molecule has 2 aromatic rings. The van der Waals surface area contributed by atoms with Gasteiger partial charge in [-0.25, -0.2) is 9.78 Å². The normalized spacial score (nSPS) is 11.3. The Morgan fingerprint density at radius 2 is 1.81 bits per heavy atom. The second kappa shape index (κ2) is 8.37. The summed E-state index contributed by atoms with van der Waals surface area (Å²) >= 11 is 13.4. The second-order valence-corrected chi connectivity index (χ2v) is 8.38. The number of carbonyl (C=O) groups is 2. The summed E-state index contributed by atoms with van der Waals surface area (Å²) in [6, 6.07) is 4.74. The van der Waals surface area contributed by atoms with Gasteiger partial charge in [0.05, 0.1) is 13.2 Å². The van der Waals surface area contributed by atoms with E-state index in [0.717, 1.165) is 0 Å². The van der Waals surface area contributed by atoms with Crippen LogP contribution in [0, 0.1) is 0 Å². The van der Waals surface area contributed by atoms with Crippen molar-refractivity contribution < 1.29 is 14.3 Å². The van der Waals surface area contributed by atoms with Crippen LogP contribution in [-0.4, -0.2) is 33.9 Å². The van der Waals surface area contributed by atoms with Gasteiger partial charge >= 0.3 is 5.97 Å². The molecular weight excluding hydrogens is 395 g/mol. The molecular formula is C18H20Cl2N2O3S. The summed E-state index contributed by atoms with van der Waals surface area (Å²) in [5.74, 6) is -0.681. The lowest BCUT2D eigenvalue weighted by atomic mass is 10.0. The largest absolute Gasteiger partial charge is 0.461 e. The van der Waals surface area contributed by atoms with Crippen molar-refractivity contribution in [1.82, 2.24) is 9.88 Å². The molecule has 0 atom stereocenters. The fourth-order valence-corrected chi connectivity index (χ4v) is 3.54. The number of rotatable bonds is 5. The Morgan fingerprint density at radius 1 is 1.19 bits per heavy atom. The number of benzene rings is 1. The van der Waals surface area contributed by atoms with Crippen LogP contribution >= 0.6 is 34.5 Å². The fourth-order valence-electron chi connectivity index (χ4n) is 2.26. The molecule has 140 valence electrons. The lowest BCUT2D eigenvalue weighted by molar-refractivity contribution is 0.0520. The summed E-state index contributed by atoms with van der Waals surface area (Å²) in [5.41, 5.74) is 0.181. The second-order valence-electron chi connectivity index (χ2n) is 6.57. The minimum Gasteiger partial charge on any atom is -0.461 e. The smallest absolute Gasteiger partial charge is 0.357 e. The van der Waals surface area contributed by atoms with E-state index in [-0.39, 0.29) is 24.8 Å². The average molecular weight is 415 g/mol. The van der Waals surface area contributed by atoms with E-state index in [4.69, 9.17) is 27.9 Å². The van der Waals surface area contributed by atoms with E-state index in [1.165, 1.54) is 11.3 Å². The van der Waals surface area contributed by atoms with Gasteiger partial charge in [0, 0.05) is 26.5 Å². The van der Waals surface area contributed by atoms with Gasteiger partial charge < -0.3 is 9.64 Å². The molecule has 0 aliphatic carbocycles. The zero-order chi connectivity index (χ0) is 19.5. The van der Waals surface area contributed by atoms with Crippen LogP contribution in [0.5, 0.6) is 0 Å². The fraction of sp³-hybridized carbons (Fsp3) is 0.389. The van der Waals surface area contributed by atoms with Gasteiger partial charge in [-0.3, -0.25) is 4.79 Å². The van der Waals surface area contributed by atoms with Crippen LogP contribution in [0.2, 0.25) is 10.0 Å². The third-order valence-corrected chi connectivity index (χ3v) is 4.76. The Labute approximate surface area is 166 Å². The summed E-state index contributed by atoms with van der Waals surface area (Å²) in [5, 5.41) is 3.07. The predicted molar refractivity (Wildman–Crippen MR) is 104 cm³/mol. The summed E-state index contributed by atoms with van der Waals surface area (Å²) in [6.45, 7) is 8.07. The maximum absolute atomic E-state index is 13.0. The maximum Gasteiger partial charge on any atom is 0.357 e. The number of nitrogens with zero attached hydrogens (tertiary/aromatic N) is 2. The molecule has 5 nitrogen and oxygen atoms in total. The van der Waals surface area contributed by atoms with Crippen LogP contribution in [0.1, 0.15) is 53.5 Å². The van der Waals surface area contributed by atoms with Crippen molar-refractivity contribution in [1.29, 1.82) is 0 Å². The molecule has 0 radical (unpaired) electrons. The third-order valence-electron chi connectivity index (χ3n) is 3.49. The number of aromatic nitrogens is 1. The highest BCUT2D eigenvalue weighted by Crippen LogP contribution is 2.25. The summed E-state index contributed by atoms with van der Waals surface area (Å²) in [4.78, 5) is 30.8. The molecule has 1 heterocycles. The summed E-state index contributed by atoms with van der Waals surface area (Å²) in [7, 11) is 0. The predicted octanol–water partition coefficient (Wildman–Crippen LogP) is 5.07. The Hall–Kier alpha value is -1.63. The van der Waals surface area contributed by atoms with Gasteiger partial charge in [-0.2, -0.15) is 0 Å². The van der Waals surface area contributed by atoms with Crippen molar-refractivity contribution in [2.75, 3.05) is 6.61 Å². The van der Waals surface area contributed by atoms with Crippen molar-refractivity contribution in [3.05, 3.63) is 49.9 Å². The number of carbonyl (C=O) groups excluding carboxylic acids is 2. The third kappa shape index (κ3) is 5.19. The maximum atomic E-state index is 13.0. The van der Waals surface area contributed by atoms with Crippen molar-refractivity contribution in [2.24, 2.45) is 0 Å². The molecule has 0 spiro atoms. The molecule has 0 unspecified atom stereocenters. The molecule has 0 N–H and O–H groups in total. The Morgan fingerprint density at radius 3 is 2.35 bits per heavy atom. The Kier molecular flexibility index (Phi) is 6.66. The van der Waals surface area contributed by atoms with Crippen molar-refractivity contribution in [3.8, 4) is 0 Å². The van der Waals surface area contributed by atoms with Crippen molar-refractivity contribution in [2.45, 2.75) is 39.8 Å². The number of hydrogen-bond donors (Lipinski definition) is 0. The van der Waals surface area contributed by atoms with Gasteiger partial charge in [0.1, 0.15) is 5.01 Å². The first-order chi connectivity index (χ1) is 12.1. The Bertz CT molecular complexity index is 795. The average Bonchev–Trinajstić information content (AvgIpc) is 2.99. The van der Waals surface area contributed by atoms with E-state index in [1.54, 1.807) is 35.4 Å². The van der Waals surface area contributed by atoms with Crippen LogP contribution in [-0.2, 0) is 11.3 Å². The number of halogens is 2. The van der Waals surface area contributed by atoms with E-state index in [9.17, 15) is 9.59 Å².